The summed E-state index contributed by atoms with van der Waals surface area (Å²) in [5.41, 5.74) is 2.41. The summed E-state index contributed by atoms with van der Waals surface area (Å²) in [7, 11) is 0. The smallest absolute Gasteiger partial charge is 0.0410 e. The maximum Gasteiger partial charge on any atom is 0.0410 e. The van der Waals surface area contributed by atoms with Gasteiger partial charge in [0.25, 0.3) is 0 Å². The van der Waals surface area contributed by atoms with E-state index in [0.29, 0.717) is 0 Å². The Hall–Kier alpha value is -0.150. The number of hydrogen-bond donors (Lipinski definition) is 0. The summed E-state index contributed by atoms with van der Waals surface area (Å²) in [5.74, 6) is 0. The van der Waals surface area contributed by atoms with Gasteiger partial charge in [0.15, 0.2) is 0 Å². The van der Waals surface area contributed by atoms with Crippen LogP contribution in [-0.4, -0.2) is 10.3 Å². The predicted molar refractivity (Wildman–Crippen MR) is 59.4 cm³/mol. The van der Waals surface area contributed by atoms with Crippen molar-refractivity contribution in [2.45, 2.75) is 6.92 Å². The van der Waals surface area contributed by atoms with Crippen LogP contribution in [0.2, 0.25) is 0 Å². The van der Waals surface area contributed by atoms with Gasteiger partial charge in [0, 0.05) is 22.2 Å². The number of alkyl halides is 1. The van der Waals surface area contributed by atoms with Crippen molar-refractivity contribution in [3.63, 3.8) is 0 Å². The zero-order valence-corrected chi connectivity index (χ0v) is 9.89. The minimum atomic E-state index is 0.902. The fraction of sp³-hybridized carbons (Fsp3) is 0.222. The average molecular weight is 291 g/mol. The quantitative estimate of drug-likeness (QED) is 0.758. The zero-order valence-electron chi connectivity index (χ0n) is 6.72. The summed E-state index contributed by atoms with van der Waals surface area (Å²) in [5, 5.41) is 0.902. The summed E-state index contributed by atoms with van der Waals surface area (Å²) in [6, 6.07) is 2.04. The normalized spacial score (nSPS) is 11.8. The predicted octanol–water partition coefficient (Wildman–Crippen LogP) is 3.64. The van der Waals surface area contributed by atoms with Gasteiger partial charge < -0.3 is 0 Å². The molecular weight excluding hydrogens is 282 g/mol. The van der Waals surface area contributed by atoms with Crippen molar-refractivity contribution in [1.82, 2.24) is 4.98 Å². The Labute approximate surface area is 89.2 Å². The molecule has 0 fully saturated rings. The molecule has 0 unspecified atom stereocenters. The van der Waals surface area contributed by atoms with Crippen molar-refractivity contribution in [3.8, 4) is 0 Å². The first-order valence-corrected chi connectivity index (χ1v) is 5.47. The number of halogens is 2. The molecular formula is C9H9Br2N. The Balaban J connectivity index is 2.89. The summed E-state index contributed by atoms with van der Waals surface area (Å²) in [4.78, 5) is 4.06. The van der Waals surface area contributed by atoms with Crippen LogP contribution in [0.4, 0.5) is 0 Å². The summed E-state index contributed by atoms with van der Waals surface area (Å²) in [6.07, 6.45) is 5.73. The maximum absolute atomic E-state index is 4.06. The number of aromatic nitrogens is 1. The van der Waals surface area contributed by atoms with Gasteiger partial charge in [0.2, 0.25) is 0 Å². The van der Waals surface area contributed by atoms with E-state index in [1.807, 2.05) is 12.3 Å². The van der Waals surface area contributed by atoms with Gasteiger partial charge in [-0.3, -0.25) is 4.98 Å². The van der Waals surface area contributed by atoms with Crippen LogP contribution in [0.15, 0.2) is 28.5 Å². The van der Waals surface area contributed by atoms with E-state index in [1.54, 1.807) is 6.20 Å². The van der Waals surface area contributed by atoms with Gasteiger partial charge in [-0.15, -0.1) is 0 Å². The molecule has 1 aromatic rings. The lowest BCUT2D eigenvalue weighted by molar-refractivity contribution is 1.29. The molecule has 0 aliphatic rings. The fourth-order valence-electron chi connectivity index (χ4n) is 0.830. The first-order chi connectivity index (χ1) is 5.72. The Kier molecular flexibility index (Phi) is 3.95. The lowest BCUT2D eigenvalue weighted by Crippen LogP contribution is -1.80. The molecule has 0 saturated heterocycles. The van der Waals surface area contributed by atoms with Crippen LogP contribution in [0.5, 0.6) is 0 Å². The molecule has 1 heterocycles. The third kappa shape index (κ3) is 3.07. The zero-order chi connectivity index (χ0) is 8.97. The molecule has 1 rings (SSSR count). The third-order valence-corrected chi connectivity index (χ3v) is 2.67. The largest absolute Gasteiger partial charge is 0.263 e. The number of pyridine rings is 1. The highest BCUT2D eigenvalue weighted by Gasteiger charge is 1.91. The second-order valence-electron chi connectivity index (χ2n) is 2.56. The molecule has 0 aromatic carbocycles. The molecule has 12 heavy (non-hydrogen) atoms. The second-order valence-corrected chi connectivity index (χ2v) is 4.04. The SMILES string of the molecule is C/C(=C/c1cncc(Br)c1)CBr. The summed E-state index contributed by atoms with van der Waals surface area (Å²) >= 11 is 6.76. The summed E-state index contributed by atoms with van der Waals surface area (Å²) < 4.78 is 1.01. The molecule has 0 aliphatic heterocycles. The van der Waals surface area contributed by atoms with E-state index in [4.69, 9.17) is 0 Å². The monoisotopic (exact) mass is 289 g/mol. The molecule has 0 bridgehead atoms. The minimum absolute atomic E-state index is 0.902. The van der Waals surface area contributed by atoms with Gasteiger partial charge in [0.1, 0.15) is 0 Å². The van der Waals surface area contributed by atoms with Crippen LogP contribution in [-0.2, 0) is 0 Å². The number of allylic oxidation sites excluding steroid dienone is 1. The number of rotatable bonds is 2. The highest BCUT2D eigenvalue weighted by molar-refractivity contribution is 9.10. The minimum Gasteiger partial charge on any atom is -0.263 e. The summed E-state index contributed by atoms with van der Waals surface area (Å²) in [6.45, 7) is 2.08. The number of hydrogen-bond acceptors (Lipinski definition) is 1. The van der Waals surface area contributed by atoms with E-state index in [2.05, 4.69) is 49.8 Å². The van der Waals surface area contributed by atoms with Gasteiger partial charge in [-0.1, -0.05) is 27.6 Å². The third-order valence-electron chi connectivity index (χ3n) is 1.35. The molecule has 0 atom stereocenters. The van der Waals surface area contributed by atoms with Crippen LogP contribution in [0.25, 0.3) is 6.08 Å². The lowest BCUT2D eigenvalue weighted by Gasteiger charge is -1.96. The highest BCUT2D eigenvalue weighted by Crippen LogP contribution is 2.13. The Morgan fingerprint density at radius 3 is 2.92 bits per heavy atom. The van der Waals surface area contributed by atoms with E-state index >= 15 is 0 Å². The maximum atomic E-state index is 4.06. The topological polar surface area (TPSA) is 12.9 Å². The van der Waals surface area contributed by atoms with Gasteiger partial charge in [-0.2, -0.15) is 0 Å². The van der Waals surface area contributed by atoms with Crippen LogP contribution in [0.3, 0.4) is 0 Å². The van der Waals surface area contributed by atoms with Gasteiger partial charge >= 0.3 is 0 Å². The molecule has 0 N–H and O–H groups in total. The van der Waals surface area contributed by atoms with Crippen molar-refractivity contribution in [1.29, 1.82) is 0 Å². The highest BCUT2D eigenvalue weighted by atomic mass is 79.9. The van der Waals surface area contributed by atoms with Crippen LogP contribution >= 0.6 is 31.9 Å². The first kappa shape index (κ1) is 9.93. The van der Waals surface area contributed by atoms with E-state index in [-0.39, 0.29) is 0 Å². The molecule has 3 heteroatoms. The van der Waals surface area contributed by atoms with Crippen LogP contribution in [0.1, 0.15) is 12.5 Å². The molecule has 0 aliphatic carbocycles. The molecule has 64 valence electrons. The number of nitrogens with zero attached hydrogens (tertiary/aromatic N) is 1. The van der Waals surface area contributed by atoms with Gasteiger partial charge in [0.05, 0.1) is 0 Å². The second kappa shape index (κ2) is 4.77. The van der Waals surface area contributed by atoms with Crippen molar-refractivity contribution in [2.24, 2.45) is 0 Å². The Morgan fingerprint density at radius 1 is 1.58 bits per heavy atom. The van der Waals surface area contributed by atoms with Crippen molar-refractivity contribution in [3.05, 3.63) is 34.1 Å². The van der Waals surface area contributed by atoms with Crippen molar-refractivity contribution in [2.75, 3.05) is 5.33 Å². The van der Waals surface area contributed by atoms with Crippen molar-refractivity contribution >= 4 is 37.9 Å². The van der Waals surface area contributed by atoms with E-state index in [0.717, 1.165) is 15.4 Å². The van der Waals surface area contributed by atoms with Crippen LogP contribution in [0, 0.1) is 0 Å². The lowest BCUT2D eigenvalue weighted by atomic mass is 10.2. The van der Waals surface area contributed by atoms with E-state index in [1.165, 1.54) is 5.57 Å². The average Bonchev–Trinajstić information content (AvgIpc) is 2.04. The van der Waals surface area contributed by atoms with E-state index < -0.39 is 0 Å². The molecule has 1 aromatic heterocycles. The molecule has 0 saturated carbocycles. The van der Waals surface area contributed by atoms with Gasteiger partial charge in [-0.05, 0) is 34.5 Å². The molecule has 0 radical (unpaired) electrons. The molecule has 1 nitrogen and oxygen atoms in total. The molecule has 0 spiro atoms. The van der Waals surface area contributed by atoms with E-state index in [9.17, 15) is 0 Å². The van der Waals surface area contributed by atoms with Crippen molar-refractivity contribution < 1.29 is 0 Å². The fourth-order valence-corrected chi connectivity index (χ4v) is 1.37. The van der Waals surface area contributed by atoms with Gasteiger partial charge in [-0.25, -0.2) is 0 Å². The van der Waals surface area contributed by atoms with Crippen LogP contribution < -0.4 is 0 Å². The standard InChI is InChI=1S/C9H9Br2N/c1-7(4-10)2-8-3-9(11)6-12-5-8/h2-3,5-6H,4H2,1H3/b7-2-. The Bertz CT molecular complexity index is 294. The Morgan fingerprint density at radius 2 is 2.33 bits per heavy atom. The first-order valence-electron chi connectivity index (χ1n) is 3.56. The molecule has 0 amide bonds.